The molecule has 0 aliphatic rings. The van der Waals surface area contributed by atoms with E-state index in [-0.39, 0.29) is 5.91 Å². The number of hydrogen-bond acceptors (Lipinski definition) is 2. The molecule has 0 saturated carbocycles. The van der Waals surface area contributed by atoms with E-state index in [2.05, 4.69) is 49.9 Å². The van der Waals surface area contributed by atoms with Crippen LogP contribution < -0.4 is 5.32 Å². The monoisotopic (exact) mass is 435 g/mol. The quantitative estimate of drug-likeness (QED) is 0.662. The lowest BCUT2D eigenvalue weighted by molar-refractivity contribution is 0.102. The SMILES string of the molecule is Cc1cc(C)c(NC(=O)c2csc(I)c2)c(Br)c1. The minimum atomic E-state index is -0.0678. The Morgan fingerprint density at radius 1 is 1.33 bits per heavy atom. The molecule has 1 N–H and O–H groups in total. The molecular formula is C13H11BrINOS. The van der Waals surface area contributed by atoms with Gasteiger partial charge in [-0.15, -0.1) is 11.3 Å². The summed E-state index contributed by atoms with van der Waals surface area (Å²) in [6.07, 6.45) is 0. The van der Waals surface area contributed by atoms with Gasteiger partial charge in [0.25, 0.3) is 5.91 Å². The van der Waals surface area contributed by atoms with Crippen LogP contribution in [0.25, 0.3) is 0 Å². The van der Waals surface area contributed by atoms with Gasteiger partial charge in [0.2, 0.25) is 0 Å². The average Bonchev–Trinajstić information content (AvgIpc) is 2.70. The minimum Gasteiger partial charge on any atom is -0.321 e. The van der Waals surface area contributed by atoms with Crippen LogP contribution >= 0.6 is 49.9 Å². The molecule has 2 aromatic rings. The summed E-state index contributed by atoms with van der Waals surface area (Å²) in [5.41, 5.74) is 3.77. The number of carbonyl (C=O) groups excluding carboxylic acids is 1. The lowest BCUT2D eigenvalue weighted by atomic mass is 10.1. The van der Waals surface area contributed by atoms with Gasteiger partial charge in [-0.3, -0.25) is 4.79 Å². The summed E-state index contributed by atoms with van der Waals surface area (Å²) in [5, 5.41) is 4.82. The van der Waals surface area contributed by atoms with Gasteiger partial charge in [-0.2, -0.15) is 0 Å². The summed E-state index contributed by atoms with van der Waals surface area (Å²) in [7, 11) is 0. The number of amides is 1. The van der Waals surface area contributed by atoms with Gasteiger partial charge < -0.3 is 5.32 Å². The largest absolute Gasteiger partial charge is 0.321 e. The third-order valence-electron chi connectivity index (χ3n) is 2.50. The summed E-state index contributed by atoms with van der Waals surface area (Å²) in [6, 6.07) is 5.94. The predicted octanol–water partition coefficient (Wildman–Crippen LogP) is 4.98. The fourth-order valence-electron chi connectivity index (χ4n) is 1.69. The molecule has 1 aromatic heterocycles. The summed E-state index contributed by atoms with van der Waals surface area (Å²) >= 11 is 7.27. The van der Waals surface area contributed by atoms with Crippen LogP contribution in [0.5, 0.6) is 0 Å². The van der Waals surface area contributed by atoms with Gasteiger partial charge in [0.1, 0.15) is 0 Å². The lowest BCUT2D eigenvalue weighted by Crippen LogP contribution is -2.12. The van der Waals surface area contributed by atoms with Crippen molar-refractivity contribution in [1.29, 1.82) is 0 Å². The highest BCUT2D eigenvalue weighted by molar-refractivity contribution is 14.1. The summed E-state index contributed by atoms with van der Waals surface area (Å²) < 4.78 is 2.02. The second-order valence-electron chi connectivity index (χ2n) is 4.03. The molecule has 2 rings (SSSR count). The first-order valence-corrected chi connectivity index (χ1v) is 8.04. The molecule has 0 aliphatic heterocycles. The van der Waals surface area contributed by atoms with Gasteiger partial charge in [0, 0.05) is 9.85 Å². The molecule has 18 heavy (non-hydrogen) atoms. The van der Waals surface area contributed by atoms with E-state index in [9.17, 15) is 4.79 Å². The third-order valence-corrected chi connectivity index (χ3v) is 4.91. The predicted molar refractivity (Wildman–Crippen MR) is 88.6 cm³/mol. The van der Waals surface area contributed by atoms with E-state index in [0.717, 1.165) is 18.6 Å². The molecule has 0 radical (unpaired) electrons. The molecule has 0 saturated heterocycles. The zero-order chi connectivity index (χ0) is 13.3. The summed E-state index contributed by atoms with van der Waals surface area (Å²) in [6.45, 7) is 4.02. The Morgan fingerprint density at radius 2 is 2.06 bits per heavy atom. The van der Waals surface area contributed by atoms with Crippen LogP contribution in [0.2, 0.25) is 0 Å². The van der Waals surface area contributed by atoms with Crippen LogP contribution in [0.4, 0.5) is 5.69 Å². The van der Waals surface area contributed by atoms with E-state index in [1.807, 2.05) is 31.4 Å². The van der Waals surface area contributed by atoms with E-state index < -0.39 is 0 Å². The Bertz CT molecular complexity index is 586. The molecule has 0 bridgehead atoms. The van der Waals surface area contributed by atoms with Crippen molar-refractivity contribution in [2.45, 2.75) is 13.8 Å². The first-order chi connectivity index (χ1) is 8.47. The molecule has 0 unspecified atom stereocenters. The lowest BCUT2D eigenvalue weighted by Gasteiger charge is -2.11. The van der Waals surface area contributed by atoms with Crippen molar-refractivity contribution in [1.82, 2.24) is 0 Å². The number of aryl methyl sites for hydroxylation is 2. The molecule has 0 aliphatic carbocycles. The van der Waals surface area contributed by atoms with Crippen LogP contribution in [-0.4, -0.2) is 5.91 Å². The Kier molecular flexibility index (Phi) is 4.45. The number of hydrogen-bond donors (Lipinski definition) is 1. The average molecular weight is 436 g/mol. The van der Waals surface area contributed by atoms with Crippen molar-refractivity contribution in [2.24, 2.45) is 0 Å². The highest BCUT2D eigenvalue weighted by Gasteiger charge is 2.12. The molecular weight excluding hydrogens is 425 g/mol. The van der Waals surface area contributed by atoms with E-state index in [1.54, 1.807) is 11.3 Å². The van der Waals surface area contributed by atoms with Gasteiger partial charge in [-0.05, 0) is 75.6 Å². The maximum Gasteiger partial charge on any atom is 0.256 e. The number of rotatable bonds is 2. The summed E-state index contributed by atoms with van der Waals surface area (Å²) in [4.78, 5) is 12.1. The van der Waals surface area contributed by atoms with E-state index in [4.69, 9.17) is 0 Å². The highest BCUT2D eigenvalue weighted by atomic mass is 127. The molecule has 94 valence electrons. The highest BCUT2D eigenvalue weighted by Crippen LogP contribution is 2.28. The fourth-order valence-corrected chi connectivity index (χ4v) is 3.79. The minimum absolute atomic E-state index is 0.0678. The zero-order valence-corrected chi connectivity index (χ0v) is 14.4. The third kappa shape index (κ3) is 3.13. The molecule has 0 fully saturated rings. The topological polar surface area (TPSA) is 29.1 Å². The second-order valence-corrected chi connectivity index (χ2v) is 7.69. The Morgan fingerprint density at radius 3 is 2.61 bits per heavy atom. The number of anilines is 1. The Balaban J connectivity index is 2.27. The van der Waals surface area contributed by atoms with Gasteiger partial charge in [-0.1, -0.05) is 6.07 Å². The maximum atomic E-state index is 12.1. The first kappa shape index (κ1) is 14.0. The molecule has 5 heteroatoms. The van der Waals surface area contributed by atoms with Crippen molar-refractivity contribution in [3.8, 4) is 0 Å². The maximum absolute atomic E-state index is 12.1. The van der Waals surface area contributed by atoms with E-state index >= 15 is 0 Å². The van der Waals surface area contributed by atoms with E-state index in [0.29, 0.717) is 5.56 Å². The first-order valence-electron chi connectivity index (χ1n) is 5.29. The van der Waals surface area contributed by atoms with Gasteiger partial charge in [-0.25, -0.2) is 0 Å². The van der Waals surface area contributed by atoms with Crippen molar-refractivity contribution < 1.29 is 4.79 Å². The van der Waals surface area contributed by atoms with Crippen LogP contribution in [0.3, 0.4) is 0 Å². The molecule has 1 amide bonds. The fraction of sp³-hybridized carbons (Fsp3) is 0.154. The number of carbonyl (C=O) groups is 1. The number of benzene rings is 1. The number of halogens is 2. The van der Waals surface area contributed by atoms with Crippen LogP contribution in [-0.2, 0) is 0 Å². The van der Waals surface area contributed by atoms with Crippen molar-refractivity contribution >= 4 is 61.5 Å². The molecule has 1 aromatic carbocycles. The van der Waals surface area contributed by atoms with Crippen LogP contribution in [0.1, 0.15) is 21.5 Å². The van der Waals surface area contributed by atoms with Gasteiger partial charge in [0.05, 0.1) is 14.1 Å². The van der Waals surface area contributed by atoms with Gasteiger partial charge >= 0.3 is 0 Å². The normalized spacial score (nSPS) is 10.4. The standard InChI is InChI=1S/C13H11BrINOS/c1-7-3-8(2)12(10(14)4-7)16-13(17)9-5-11(15)18-6-9/h3-6H,1-2H3,(H,16,17). The van der Waals surface area contributed by atoms with Crippen LogP contribution in [0.15, 0.2) is 28.1 Å². The molecule has 2 nitrogen and oxygen atoms in total. The Hall–Kier alpha value is -0.400. The smallest absolute Gasteiger partial charge is 0.256 e. The number of nitrogens with one attached hydrogen (secondary N) is 1. The van der Waals surface area contributed by atoms with E-state index in [1.165, 1.54) is 5.56 Å². The number of thiophene rings is 1. The second kappa shape index (κ2) is 5.71. The van der Waals surface area contributed by atoms with Crippen molar-refractivity contribution in [3.05, 3.63) is 47.6 Å². The molecule has 0 atom stereocenters. The Labute approximate surface area is 132 Å². The van der Waals surface area contributed by atoms with Crippen molar-refractivity contribution in [2.75, 3.05) is 5.32 Å². The summed E-state index contributed by atoms with van der Waals surface area (Å²) in [5.74, 6) is -0.0678. The van der Waals surface area contributed by atoms with Gasteiger partial charge in [0.15, 0.2) is 0 Å². The zero-order valence-electron chi connectivity index (χ0n) is 9.88. The van der Waals surface area contributed by atoms with Crippen molar-refractivity contribution in [3.63, 3.8) is 0 Å². The molecule has 1 heterocycles. The molecule has 0 spiro atoms. The van der Waals surface area contributed by atoms with Crippen LogP contribution in [0, 0.1) is 16.7 Å².